The molecule has 90 valence electrons. The summed E-state index contributed by atoms with van der Waals surface area (Å²) in [5.41, 5.74) is -0.641. The third-order valence-electron chi connectivity index (χ3n) is 3.28. The molecule has 1 fully saturated rings. The molecule has 0 radical (unpaired) electrons. The third kappa shape index (κ3) is 2.77. The van der Waals surface area contributed by atoms with Crippen molar-refractivity contribution < 1.29 is 4.39 Å². The Morgan fingerprint density at radius 1 is 1.41 bits per heavy atom. The maximum Gasteiger partial charge on any atom is 0.138 e. The molecule has 1 aliphatic heterocycles. The lowest BCUT2D eigenvalue weighted by atomic mass is 9.86. The van der Waals surface area contributed by atoms with Crippen LogP contribution in [0.4, 0.5) is 4.39 Å². The van der Waals surface area contributed by atoms with Gasteiger partial charge in [-0.15, -0.1) is 0 Å². The number of nitriles is 1. The van der Waals surface area contributed by atoms with E-state index in [4.69, 9.17) is 16.9 Å². The molecular formula is C13H14ClFN2. The molecule has 1 heterocycles. The second-order valence-electron chi connectivity index (χ2n) is 4.41. The van der Waals surface area contributed by atoms with Crippen molar-refractivity contribution in [1.82, 2.24) is 4.90 Å². The van der Waals surface area contributed by atoms with E-state index in [1.165, 1.54) is 0 Å². The van der Waals surface area contributed by atoms with Gasteiger partial charge in [-0.3, -0.25) is 4.90 Å². The summed E-state index contributed by atoms with van der Waals surface area (Å²) < 4.78 is 14.7. The largest absolute Gasteiger partial charge is 0.290 e. The van der Waals surface area contributed by atoms with Crippen LogP contribution in [-0.2, 0) is 5.67 Å². The molecule has 4 heteroatoms. The van der Waals surface area contributed by atoms with Crippen LogP contribution in [0.5, 0.6) is 0 Å². The van der Waals surface area contributed by atoms with Gasteiger partial charge in [-0.05, 0) is 30.5 Å². The van der Waals surface area contributed by atoms with Crippen molar-refractivity contribution in [3.63, 3.8) is 0 Å². The van der Waals surface area contributed by atoms with Gasteiger partial charge in [0, 0.05) is 18.1 Å². The Labute approximate surface area is 106 Å². The molecule has 2 nitrogen and oxygen atoms in total. The minimum atomic E-state index is -1.29. The van der Waals surface area contributed by atoms with Crippen molar-refractivity contribution >= 4 is 11.6 Å². The van der Waals surface area contributed by atoms with Gasteiger partial charge in [-0.2, -0.15) is 5.26 Å². The van der Waals surface area contributed by atoms with Gasteiger partial charge in [0.1, 0.15) is 5.67 Å². The standard InChI is InChI=1S/C13H14ClFN2/c14-12-3-1-2-11(10-12)13(15)4-7-17(8-5-13)9-6-16/h1-3,10H,4-5,7-9H2. The van der Waals surface area contributed by atoms with Crippen molar-refractivity contribution in [3.05, 3.63) is 34.9 Å². The maximum absolute atomic E-state index is 14.7. The molecule has 1 saturated heterocycles. The highest BCUT2D eigenvalue weighted by Crippen LogP contribution is 2.37. The van der Waals surface area contributed by atoms with Crippen LogP contribution >= 0.6 is 11.6 Å². The Bertz CT molecular complexity index is 433. The Hall–Kier alpha value is -1.11. The van der Waals surface area contributed by atoms with Gasteiger partial charge in [0.15, 0.2) is 0 Å². The smallest absolute Gasteiger partial charge is 0.138 e. The molecule has 0 bridgehead atoms. The van der Waals surface area contributed by atoms with Crippen LogP contribution in [0.25, 0.3) is 0 Å². The Kier molecular flexibility index (Phi) is 3.66. The number of benzene rings is 1. The maximum atomic E-state index is 14.7. The van der Waals surface area contributed by atoms with Crippen LogP contribution in [0.1, 0.15) is 18.4 Å². The lowest BCUT2D eigenvalue weighted by Crippen LogP contribution is -2.40. The number of piperidine rings is 1. The predicted molar refractivity (Wildman–Crippen MR) is 65.5 cm³/mol. The van der Waals surface area contributed by atoms with Crippen LogP contribution in [0.15, 0.2) is 24.3 Å². The van der Waals surface area contributed by atoms with E-state index in [0.717, 1.165) is 0 Å². The number of hydrogen-bond donors (Lipinski definition) is 0. The fourth-order valence-corrected chi connectivity index (χ4v) is 2.41. The molecule has 0 amide bonds. The highest BCUT2D eigenvalue weighted by Gasteiger charge is 2.36. The normalized spacial score (nSPS) is 19.8. The third-order valence-corrected chi connectivity index (χ3v) is 3.52. The average molecular weight is 253 g/mol. The van der Waals surface area contributed by atoms with Gasteiger partial charge in [0.2, 0.25) is 0 Å². The van der Waals surface area contributed by atoms with E-state index in [9.17, 15) is 4.39 Å². The van der Waals surface area contributed by atoms with Crippen LogP contribution in [-0.4, -0.2) is 24.5 Å². The van der Waals surface area contributed by atoms with E-state index in [-0.39, 0.29) is 0 Å². The number of alkyl halides is 1. The lowest BCUT2D eigenvalue weighted by Gasteiger charge is -2.35. The topological polar surface area (TPSA) is 27.0 Å². The van der Waals surface area contributed by atoms with E-state index in [2.05, 4.69) is 6.07 Å². The molecule has 0 N–H and O–H groups in total. The molecular weight excluding hydrogens is 239 g/mol. The van der Waals surface area contributed by atoms with Gasteiger partial charge < -0.3 is 0 Å². The lowest BCUT2D eigenvalue weighted by molar-refractivity contribution is 0.0618. The first kappa shape index (κ1) is 12.3. The Morgan fingerprint density at radius 3 is 2.71 bits per heavy atom. The van der Waals surface area contributed by atoms with E-state index in [0.29, 0.717) is 43.1 Å². The average Bonchev–Trinajstić information content (AvgIpc) is 2.33. The monoisotopic (exact) mass is 252 g/mol. The molecule has 0 spiro atoms. The summed E-state index contributed by atoms with van der Waals surface area (Å²) in [7, 11) is 0. The minimum absolute atomic E-state index is 0.381. The predicted octanol–water partition coefficient (Wildman–Crippen LogP) is 3.12. The summed E-state index contributed by atoms with van der Waals surface area (Å²) in [5.74, 6) is 0. The van der Waals surface area contributed by atoms with Gasteiger partial charge in [-0.1, -0.05) is 23.7 Å². The highest BCUT2D eigenvalue weighted by molar-refractivity contribution is 6.30. The molecule has 0 atom stereocenters. The van der Waals surface area contributed by atoms with E-state index < -0.39 is 5.67 Å². The van der Waals surface area contributed by atoms with Gasteiger partial charge in [-0.25, -0.2) is 4.39 Å². The molecule has 0 unspecified atom stereocenters. The summed E-state index contributed by atoms with van der Waals surface area (Å²) in [6, 6.07) is 9.10. The minimum Gasteiger partial charge on any atom is -0.290 e. The molecule has 17 heavy (non-hydrogen) atoms. The fraction of sp³-hybridized carbons (Fsp3) is 0.462. The molecule has 0 saturated carbocycles. The van der Waals surface area contributed by atoms with Gasteiger partial charge in [0.05, 0.1) is 12.6 Å². The van der Waals surface area contributed by atoms with E-state index >= 15 is 0 Å². The number of nitrogens with zero attached hydrogens (tertiary/aromatic N) is 2. The van der Waals surface area contributed by atoms with Crippen LogP contribution in [0.3, 0.4) is 0 Å². The Morgan fingerprint density at radius 2 is 2.12 bits per heavy atom. The fourth-order valence-electron chi connectivity index (χ4n) is 2.22. The zero-order chi connectivity index (χ0) is 12.3. The van der Waals surface area contributed by atoms with E-state index in [1.807, 2.05) is 4.90 Å². The van der Waals surface area contributed by atoms with Crippen molar-refractivity contribution in [2.24, 2.45) is 0 Å². The molecule has 2 rings (SSSR count). The zero-order valence-corrected chi connectivity index (χ0v) is 10.3. The van der Waals surface area contributed by atoms with Crippen molar-refractivity contribution in [2.45, 2.75) is 18.5 Å². The first-order chi connectivity index (χ1) is 8.14. The van der Waals surface area contributed by atoms with Crippen LogP contribution in [0, 0.1) is 11.3 Å². The van der Waals surface area contributed by atoms with Crippen LogP contribution in [0.2, 0.25) is 5.02 Å². The summed E-state index contributed by atoms with van der Waals surface area (Å²) >= 11 is 5.88. The molecule has 1 aromatic rings. The van der Waals surface area contributed by atoms with Crippen molar-refractivity contribution in [1.29, 1.82) is 5.26 Å². The second kappa shape index (κ2) is 5.03. The quantitative estimate of drug-likeness (QED) is 0.757. The van der Waals surface area contributed by atoms with E-state index in [1.54, 1.807) is 24.3 Å². The number of hydrogen-bond acceptors (Lipinski definition) is 2. The summed E-state index contributed by atoms with van der Waals surface area (Å²) in [5, 5.41) is 9.17. The van der Waals surface area contributed by atoms with Gasteiger partial charge in [0.25, 0.3) is 0 Å². The first-order valence-electron chi connectivity index (χ1n) is 5.68. The molecule has 1 aliphatic rings. The SMILES string of the molecule is N#CCN1CCC(F)(c2cccc(Cl)c2)CC1. The second-order valence-corrected chi connectivity index (χ2v) is 4.85. The zero-order valence-electron chi connectivity index (χ0n) is 9.50. The highest BCUT2D eigenvalue weighted by atomic mass is 35.5. The number of halogens is 2. The van der Waals surface area contributed by atoms with Crippen molar-refractivity contribution in [3.8, 4) is 6.07 Å². The number of rotatable bonds is 2. The summed E-state index contributed by atoms with van der Waals surface area (Å²) in [4.78, 5) is 1.97. The molecule has 1 aromatic carbocycles. The molecule has 0 aromatic heterocycles. The number of likely N-dealkylation sites (tertiary alicyclic amines) is 1. The molecule has 0 aliphatic carbocycles. The Balaban J connectivity index is 2.10. The summed E-state index contributed by atoms with van der Waals surface area (Å²) in [6.07, 6.45) is 0.851. The summed E-state index contributed by atoms with van der Waals surface area (Å²) in [6.45, 7) is 1.62. The van der Waals surface area contributed by atoms with Gasteiger partial charge >= 0.3 is 0 Å². The van der Waals surface area contributed by atoms with Crippen molar-refractivity contribution in [2.75, 3.05) is 19.6 Å². The van der Waals surface area contributed by atoms with Crippen LogP contribution < -0.4 is 0 Å². The first-order valence-corrected chi connectivity index (χ1v) is 6.06.